The summed E-state index contributed by atoms with van der Waals surface area (Å²) >= 11 is 0. The Morgan fingerprint density at radius 3 is 2.41 bits per heavy atom. The number of hydrogen-bond acceptors (Lipinski definition) is 4. The van der Waals surface area contributed by atoms with Gasteiger partial charge in [-0.15, -0.1) is 0 Å². The minimum Gasteiger partial charge on any atom is -0.465 e. The number of carbonyl (C=O) groups excluding carboxylic acids is 2. The molecule has 4 heteroatoms. The van der Waals surface area contributed by atoms with Crippen LogP contribution in [0, 0.1) is 5.92 Å². The first-order valence-electron chi connectivity index (χ1n) is 6.20. The van der Waals surface area contributed by atoms with E-state index in [1.54, 1.807) is 0 Å². The number of esters is 2. The number of rotatable bonds is 6. The van der Waals surface area contributed by atoms with Gasteiger partial charge in [-0.3, -0.25) is 4.79 Å². The summed E-state index contributed by atoms with van der Waals surface area (Å²) in [6.45, 7) is 3.87. The van der Waals surface area contributed by atoms with E-state index < -0.39 is 5.97 Å². The highest BCUT2D eigenvalue weighted by atomic mass is 16.5. The Kier molecular flexibility index (Phi) is 6.37. The Hall–Kier alpha value is -1.32. The van der Waals surface area contributed by atoms with E-state index in [4.69, 9.17) is 9.47 Å². The van der Waals surface area contributed by atoms with Gasteiger partial charge < -0.3 is 9.47 Å². The Morgan fingerprint density at radius 2 is 1.76 bits per heavy atom. The lowest BCUT2D eigenvalue weighted by molar-refractivity contribution is -0.150. The highest BCUT2D eigenvalue weighted by Crippen LogP contribution is 2.24. The van der Waals surface area contributed by atoms with Gasteiger partial charge >= 0.3 is 11.9 Å². The van der Waals surface area contributed by atoms with Crippen LogP contribution in [0.3, 0.4) is 0 Å². The van der Waals surface area contributed by atoms with Crippen molar-refractivity contribution < 1.29 is 19.1 Å². The van der Waals surface area contributed by atoms with Crippen LogP contribution in [-0.2, 0) is 19.1 Å². The molecule has 96 valence electrons. The van der Waals surface area contributed by atoms with Crippen molar-refractivity contribution >= 4 is 11.9 Å². The molecule has 4 nitrogen and oxygen atoms in total. The highest BCUT2D eigenvalue weighted by molar-refractivity contribution is 5.81. The second kappa shape index (κ2) is 7.87. The van der Waals surface area contributed by atoms with Gasteiger partial charge in [0.15, 0.2) is 0 Å². The molecule has 0 radical (unpaired) electrons. The number of hydrogen-bond donors (Lipinski definition) is 0. The molecule has 0 aromatic carbocycles. The van der Waals surface area contributed by atoms with Crippen molar-refractivity contribution in [3.05, 3.63) is 12.7 Å². The molecule has 0 atom stereocenters. The van der Waals surface area contributed by atoms with E-state index in [1.165, 1.54) is 6.42 Å². The molecule has 0 unspecified atom stereocenters. The van der Waals surface area contributed by atoms with Gasteiger partial charge in [-0.05, 0) is 12.8 Å². The van der Waals surface area contributed by atoms with Gasteiger partial charge in [0.05, 0.1) is 19.1 Å². The number of ether oxygens (including phenoxy) is 2. The maximum absolute atomic E-state index is 11.6. The zero-order valence-corrected chi connectivity index (χ0v) is 10.2. The molecule has 17 heavy (non-hydrogen) atoms. The van der Waals surface area contributed by atoms with Crippen LogP contribution in [0.5, 0.6) is 0 Å². The second-order valence-corrected chi connectivity index (χ2v) is 4.23. The predicted octanol–water partition coefficient (Wildman–Crippen LogP) is 2.23. The zero-order valence-electron chi connectivity index (χ0n) is 10.2. The van der Waals surface area contributed by atoms with Crippen molar-refractivity contribution in [2.45, 2.75) is 38.5 Å². The SMILES string of the molecule is C=CC(=O)OCCCOC(=O)C1CCCCC1. The van der Waals surface area contributed by atoms with Crippen LogP contribution >= 0.6 is 0 Å². The van der Waals surface area contributed by atoms with Crippen LogP contribution < -0.4 is 0 Å². The summed E-state index contributed by atoms with van der Waals surface area (Å²) in [5, 5.41) is 0. The zero-order chi connectivity index (χ0) is 12.5. The van der Waals surface area contributed by atoms with E-state index in [0.717, 1.165) is 31.8 Å². The summed E-state index contributed by atoms with van der Waals surface area (Å²) in [5.74, 6) is -0.456. The molecule has 0 saturated heterocycles. The molecule has 1 rings (SSSR count). The highest BCUT2D eigenvalue weighted by Gasteiger charge is 2.22. The van der Waals surface area contributed by atoms with Crippen LogP contribution in [-0.4, -0.2) is 25.2 Å². The standard InChI is InChI=1S/C13H20O4/c1-2-12(14)16-9-6-10-17-13(15)11-7-4-3-5-8-11/h2,11H,1,3-10H2. The normalized spacial score (nSPS) is 16.2. The van der Waals surface area contributed by atoms with Gasteiger partial charge in [-0.25, -0.2) is 4.79 Å². The van der Waals surface area contributed by atoms with Crippen LogP contribution in [0.4, 0.5) is 0 Å². The first-order chi connectivity index (χ1) is 8.24. The third kappa shape index (κ3) is 5.52. The lowest BCUT2D eigenvalue weighted by Crippen LogP contribution is -2.21. The first-order valence-corrected chi connectivity index (χ1v) is 6.20. The molecule has 0 bridgehead atoms. The van der Waals surface area contributed by atoms with E-state index in [1.807, 2.05) is 0 Å². The molecule has 0 aromatic rings. The van der Waals surface area contributed by atoms with Gasteiger partial charge in [-0.1, -0.05) is 25.8 Å². The number of carbonyl (C=O) groups is 2. The summed E-state index contributed by atoms with van der Waals surface area (Å²) < 4.78 is 9.91. The Balaban J connectivity index is 2.03. The molecular formula is C13H20O4. The minimum atomic E-state index is -0.441. The molecule has 0 aliphatic heterocycles. The maximum Gasteiger partial charge on any atom is 0.330 e. The molecule has 0 amide bonds. The summed E-state index contributed by atoms with van der Waals surface area (Å²) in [5.41, 5.74) is 0. The fraction of sp³-hybridized carbons (Fsp3) is 0.692. The van der Waals surface area contributed by atoms with Crippen molar-refractivity contribution in [3.63, 3.8) is 0 Å². The smallest absolute Gasteiger partial charge is 0.330 e. The van der Waals surface area contributed by atoms with Gasteiger partial charge in [-0.2, -0.15) is 0 Å². The van der Waals surface area contributed by atoms with E-state index in [2.05, 4.69) is 6.58 Å². The van der Waals surface area contributed by atoms with Gasteiger partial charge in [0.25, 0.3) is 0 Å². The summed E-state index contributed by atoms with van der Waals surface area (Å²) in [6, 6.07) is 0. The van der Waals surface area contributed by atoms with Crippen molar-refractivity contribution in [2.75, 3.05) is 13.2 Å². The Labute approximate surface area is 102 Å². The molecule has 1 aliphatic carbocycles. The Bertz CT molecular complexity index is 267. The van der Waals surface area contributed by atoms with Crippen LogP contribution in [0.2, 0.25) is 0 Å². The minimum absolute atomic E-state index is 0.0828. The average Bonchev–Trinajstić information content (AvgIpc) is 2.38. The molecule has 0 heterocycles. The topological polar surface area (TPSA) is 52.6 Å². The van der Waals surface area contributed by atoms with E-state index in [9.17, 15) is 9.59 Å². The molecule has 0 N–H and O–H groups in total. The molecule has 0 aromatic heterocycles. The molecule has 1 fully saturated rings. The van der Waals surface area contributed by atoms with Gasteiger partial charge in [0.1, 0.15) is 0 Å². The van der Waals surface area contributed by atoms with Crippen LogP contribution in [0.25, 0.3) is 0 Å². The summed E-state index contributed by atoms with van der Waals surface area (Å²) in [7, 11) is 0. The van der Waals surface area contributed by atoms with Crippen molar-refractivity contribution in [2.24, 2.45) is 5.92 Å². The van der Waals surface area contributed by atoms with Crippen molar-refractivity contribution in [1.82, 2.24) is 0 Å². The predicted molar refractivity (Wildman–Crippen MR) is 63.3 cm³/mol. The van der Waals surface area contributed by atoms with Crippen molar-refractivity contribution in [3.8, 4) is 0 Å². The van der Waals surface area contributed by atoms with Crippen molar-refractivity contribution in [1.29, 1.82) is 0 Å². The largest absolute Gasteiger partial charge is 0.465 e. The fourth-order valence-corrected chi connectivity index (χ4v) is 1.92. The van der Waals surface area contributed by atoms with E-state index in [0.29, 0.717) is 13.0 Å². The summed E-state index contributed by atoms with van der Waals surface area (Å²) in [6.07, 6.45) is 7.02. The molecule has 1 aliphatic rings. The third-order valence-electron chi connectivity index (χ3n) is 2.88. The monoisotopic (exact) mass is 240 g/mol. The average molecular weight is 240 g/mol. The summed E-state index contributed by atoms with van der Waals surface area (Å²) in [4.78, 5) is 22.3. The van der Waals surface area contributed by atoms with Gasteiger partial charge in [0, 0.05) is 12.5 Å². The quantitative estimate of drug-likeness (QED) is 0.406. The molecular weight excluding hydrogens is 220 g/mol. The second-order valence-electron chi connectivity index (χ2n) is 4.23. The first kappa shape index (κ1) is 13.7. The maximum atomic E-state index is 11.6. The fourth-order valence-electron chi connectivity index (χ4n) is 1.92. The van der Waals surface area contributed by atoms with Gasteiger partial charge in [0.2, 0.25) is 0 Å². The molecule has 0 spiro atoms. The van der Waals surface area contributed by atoms with Crippen LogP contribution in [0.1, 0.15) is 38.5 Å². The Morgan fingerprint density at radius 1 is 1.12 bits per heavy atom. The lowest BCUT2D eigenvalue weighted by atomic mass is 9.89. The van der Waals surface area contributed by atoms with Crippen LogP contribution in [0.15, 0.2) is 12.7 Å². The van der Waals surface area contributed by atoms with E-state index in [-0.39, 0.29) is 18.5 Å². The molecule has 1 saturated carbocycles. The third-order valence-corrected chi connectivity index (χ3v) is 2.88. The van der Waals surface area contributed by atoms with E-state index >= 15 is 0 Å². The lowest BCUT2D eigenvalue weighted by Gasteiger charge is -2.19.